The summed E-state index contributed by atoms with van der Waals surface area (Å²) in [5.41, 5.74) is 1.61. The highest BCUT2D eigenvalue weighted by Crippen LogP contribution is 2.44. The molecule has 2 aromatic rings. The Balaban J connectivity index is 1.83. The van der Waals surface area contributed by atoms with Crippen molar-refractivity contribution in [3.8, 4) is 5.75 Å². The SMILES string of the molecule is Cc1ccc(OC(=O)C2(c3cccnc3)CCC2)cc1. The van der Waals surface area contributed by atoms with Gasteiger partial charge in [0.15, 0.2) is 0 Å². The average molecular weight is 267 g/mol. The van der Waals surface area contributed by atoms with E-state index < -0.39 is 5.41 Å². The van der Waals surface area contributed by atoms with Crippen molar-refractivity contribution in [3.05, 3.63) is 59.9 Å². The first-order chi connectivity index (χ1) is 9.71. The number of esters is 1. The summed E-state index contributed by atoms with van der Waals surface area (Å²) in [5, 5.41) is 0. The second kappa shape index (κ2) is 5.08. The molecule has 102 valence electrons. The number of carbonyl (C=O) groups is 1. The third kappa shape index (κ3) is 2.20. The summed E-state index contributed by atoms with van der Waals surface area (Å²) in [6.07, 6.45) is 6.22. The van der Waals surface area contributed by atoms with Crippen molar-refractivity contribution in [2.75, 3.05) is 0 Å². The van der Waals surface area contributed by atoms with Gasteiger partial charge in [-0.1, -0.05) is 30.2 Å². The number of nitrogens with zero attached hydrogens (tertiary/aromatic N) is 1. The van der Waals surface area contributed by atoms with Crippen LogP contribution in [0.1, 0.15) is 30.4 Å². The van der Waals surface area contributed by atoms with Crippen molar-refractivity contribution in [2.24, 2.45) is 0 Å². The van der Waals surface area contributed by atoms with Gasteiger partial charge in [-0.05, 0) is 43.5 Å². The van der Waals surface area contributed by atoms with E-state index in [2.05, 4.69) is 4.98 Å². The van der Waals surface area contributed by atoms with E-state index in [-0.39, 0.29) is 5.97 Å². The Hall–Kier alpha value is -2.16. The molecule has 3 heteroatoms. The van der Waals surface area contributed by atoms with Crippen LogP contribution in [0, 0.1) is 6.92 Å². The third-order valence-corrected chi connectivity index (χ3v) is 4.04. The van der Waals surface area contributed by atoms with Crippen LogP contribution in [0.15, 0.2) is 48.8 Å². The molecule has 0 unspecified atom stereocenters. The zero-order chi connectivity index (χ0) is 14.0. The molecule has 1 aromatic heterocycles. The topological polar surface area (TPSA) is 39.2 Å². The first-order valence-electron chi connectivity index (χ1n) is 6.90. The van der Waals surface area contributed by atoms with Gasteiger partial charge in [0.05, 0.1) is 5.41 Å². The van der Waals surface area contributed by atoms with Gasteiger partial charge in [0.2, 0.25) is 0 Å². The summed E-state index contributed by atoms with van der Waals surface area (Å²) < 4.78 is 5.56. The Bertz CT molecular complexity index is 601. The Morgan fingerprint density at radius 3 is 2.50 bits per heavy atom. The van der Waals surface area contributed by atoms with Crippen LogP contribution >= 0.6 is 0 Å². The van der Waals surface area contributed by atoms with E-state index in [9.17, 15) is 4.79 Å². The molecule has 0 radical (unpaired) electrons. The smallest absolute Gasteiger partial charge is 0.322 e. The monoisotopic (exact) mass is 267 g/mol. The Labute approximate surface area is 118 Å². The van der Waals surface area contributed by atoms with Gasteiger partial charge in [0.1, 0.15) is 5.75 Å². The second-order valence-corrected chi connectivity index (χ2v) is 5.38. The average Bonchev–Trinajstić information content (AvgIpc) is 2.41. The number of aryl methyl sites for hydroxylation is 1. The summed E-state index contributed by atoms with van der Waals surface area (Å²) in [6, 6.07) is 11.4. The van der Waals surface area contributed by atoms with E-state index in [1.165, 1.54) is 0 Å². The highest BCUT2D eigenvalue weighted by Gasteiger charge is 2.47. The lowest BCUT2D eigenvalue weighted by Gasteiger charge is -2.39. The number of pyridine rings is 1. The molecule has 1 aliphatic rings. The van der Waals surface area contributed by atoms with Crippen molar-refractivity contribution < 1.29 is 9.53 Å². The molecule has 1 aromatic carbocycles. The van der Waals surface area contributed by atoms with Gasteiger partial charge >= 0.3 is 5.97 Å². The summed E-state index contributed by atoms with van der Waals surface area (Å²) >= 11 is 0. The van der Waals surface area contributed by atoms with E-state index in [0.717, 1.165) is 30.4 Å². The minimum atomic E-state index is -0.501. The van der Waals surface area contributed by atoms with Gasteiger partial charge in [-0.25, -0.2) is 0 Å². The predicted octanol–water partition coefficient (Wildman–Crippen LogP) is 3.42. The van der Waals surface area contributed by atoms with E-state index in [4.69, 9.17) is 4.74 Å². The minimum absolute atomic E-state index is 0.166. The van der Waals surface area contributed by atoms with E-state index in [1.807, 2.05) is 43.3 Å². The number of benzene rings is 1. The fraction of sp³-hybridized carbons (Fsp3) is 0.294. The molecule has 0 saturated heterocycles. The van der Waals surface area contributed by atoms with Gasteiger partial charge in [0, 0.05) is 12.4 Å². The molecule has 0 spiro atoms. The van der Waals surface area contributed by atoms with Crippen LogP contribution in [0.25, 0.3) is 0 Å². The third-order valence-electron chi connectivity index (χ3n) is 4.04. The molecule has 0 amide bonds. The maximum Gasteiger partial charge on any atom is 0.322 e. The quantitative estimate of drug-likeness (QED) is 0.632. The van der Waals surface area contributed by atoms with Gasteiger partial charge in [-0.15, -0.1) is 0 Å². The summed E-state index contributed by atoms with van der Waals surface area (Å²) in [7, 11) is 0. The van der Waals surface area contributed by atoms with Crippen LogP contribution in [-0.2, 0) is 10.2 Å². The van der Waals surface area contributed by atoms with Crippen molar-refractivity contribution in [1.82, 2.24) is 4.98 Å². The number of aromatic nitrogens is 1. The van der Waals surface area contributed by atoms with Crippen molar-refractivity contribution in [2.45, 2.75) is 31.6 Å². The lowest BCUT2D eigenvalue weighted by atomic mass is 9.65. The summed E-state index contributed by atoms with van der Waals surface area (Å²) in [6.45, 7) is 2.01. The van der Waals surface area contributed by atoms with Crippen molar-refractivity contribution in [1.29, 1.82) is 0 Å². The molecular formula is C17H17NO2. The van der Waals surface area contributed by atoms with Gasteiger partial charge in [0.25, 0.3) is 0 Å². The fourth-order valence-electron chi connectivity index (χ4n) is 2.60. The molecular weight excluding hydrogens is 250 g/mol. The number of carbonyl (C=O) groups excluding carboxylic acids is 1. The molecule has 0 atom stereocenters. The molecule has 1 heterocycles. The maximum absolute atomic E-state index is 12.6. The van der Waals surface area contributed by atoms with Crippen LogP contribution in [0.3, 0.4) is 0 Å². The van der Waals surface area contributed by atoms with Crippen LogP contribution < -0.4 is 4.74 Å². The molecule has 1 saturated carbocycles. The number of ether oxygens (including phenoxy) is 1. The maximum atomic E-state index is 12.6. The van der Waals surface area contributed by atoms with Crippen LogP contribution in [0.5, 0.6) is 5.75 Å². The lowest BCUT2D eigenvalue weighted by Crippen LogP contribution is -2.45. The predicted molar refractivity (Wildman–Crippen MR) is 76.6 cm³/mol. The largest absolute Gasteiger partial charge is 0.426 e. The molecule has 1 fully saturated rings. The van der Waals surface area contributed by atoms with Crippen LogP contribution in [0.4, 0.5) is 0 Å². The van der Waals surface area contributed by atoms with E-state index in [1.54, 1.807) is 12.4 Å². The van der Waals surface area contributed by atoms with Gasteiger partial charge in [-0.3, -0.25) is 9.78 Å². The van der Waals surface area contributed by atoms with Gasteiger partial charge in [-0.2, -0.15) is 0 Å². The minimum Gasteiger partial charge on any atom is -0.426 e. The molecule has 3 nitrogen and oxygen atoms in total. The Morgan fingerprint density at radius 2 is 1.95 bits per heavy atom. The Kier molecular flexibility index (Phi) is 3.26. The standard InChI is InChI=1S/C17H17NO2/c1-13-5-7-15(8-6-13)20-16(19)17(9-3-10-17)14-4-2-11-18-12-14/h2,4-8,11-12H,3,9-10H2,1H3. The molecule has 1 aliphatic carbocycles. The highest BCUT2D eigenvalue weighted by molar-refractivity contribution is 5.86. The van der Waals surface area contributed by atoms with Crippen molar-refractivity contribution in [3.63, 3.8) is 0 Å². The number of hydrogen-bond acceptors (Lipinski definition) is 3. The first-order valence-corrected chi connectivity index (χ1v) is 6.90. The lowest BCUT2D eigenvalue weighted by molar-refractivity contribution is -0.144. The molecule has 20 heavy (non-hydrogen) atoms. The molecule has 3 rings (SSSR count). The van der Waals surface area contributed by atoms with Gasteiger partial charge < -0.3 is 4.74 Å². The number of hydrogen-bond donors (Lipinski definition) is 0. The van der Waals surface area contributed by atoms with E-state index in [0.29, 0.717) is 5.75 Å². The second-order valence-electron chi connectivity index (χ2n) is 5.38. The van der Waals surface area contributed by atoms with Crippen LogP contribution in [-0.4, -0.2) is 11.0 Å². The molecule has 0 bridgehead atoms. The normalized spacial score (nSPS) is 16.2. The van der Waals surface area contributed by atoms with Crippen LogP contribution in [0.2, 0.25) is 0 Å². The summed E-state index contributed by atoms with van der Waals surface area (Å²) in [4.78, 5) is 16.7. The zero-order valence-electron chi connectivity index (χ0n) is 11.5. The highest BCUT2D eigenvalue weighted by atomic mass is 16.5. The first kappa shape index (κ1) is 12.9. The molecule has 0 aliphatic heterocycles. The van der Waals surface area contributed by atoms with Crippen molar-refractivity contribution >= 4 is 5.97 Å². The number of rotatable bonds is 3. The fourth-order valence-corrected chi connectivity index (χ4v) is 2.60. The summed E-state index contributed by atoms with van der Waals surface area (Å²) in [5.74, 6) is 0.441. The molecule has 0 N–H and O–H groups in total. The Morgan fingerprint density at radius 1 is 1.20 bits per heavy atom. The zero-order valence-corrected chi connectivity index (χ0v) is 11.5. The van der Waals surface area contributed by atoms with E-state index >= 15 is 0 Å².